The lowest BCUT2D eigenvalue weighted by Crippen LogP contribution is -2.49. The van der Waals surface area contributed by atoms with Crippen LogP contribution in [0.5, 0.6) is 0 Å². The molecule has 1 aliphatic heterocycles. The number of rotatable bonds is 8. The van der Waals surface area contributed by atoms with Gasteiger partial charge in [-0.2, -0.15) is 0 Å². The summed E-state index contributed by atoms with van der Waals surface area (Å²) in [5, 5.41) is 3.04. The highest BCUT2D eigenvalue weighted by molar-refractivity contribution is 5.90. The monoisotopic (exact) mass is 441 g/mol. The van der Waals surface area contributed by atoms with Gasteiger partial charge in [0.05, 0.1) is 0 Å². The van der Waals surface area contributed by atoms with Crippen molar-refractivity contribution >= 4 is 23.2 Å². The van der Waals surface area contributed by atoms with Crippen LogP contribution in [0.25, 0.3) is 0 Å². The average molecular weight is 442 g/mol. The third-order valence-electron chi connectivity index (χ3n) is 6.89. The molecule has 1 heterocycles. The zero-order chi connectivity index (χ0) is 23.1. The Kier molecular flexibility index (Phi) is 8.61. The molecule has 2 amide bonds. The van der Waals surface area contributed by atoms with Crippen LogP contribution in [-0.4, -0.2) is 42.9 Å². The van der Waals surface area contributed by atoms with Crippen LogP contribution < -0.4 is 10.2 Å². The molecule has 0 spiro atoms. The van der Waals surface area contributed by atoms with E-state index in [9.17, 15) is 9.59 Å². The molecule has 1 aromatic rings. The maximum absolute atomic E-state index is 12.7. The Morgan fingerprint density at radius 3 is 2.25 bits per heavy atom. The summed E-state index contributed by atoms with van der Waals surface area (Å²) in [4.78, 5) is 29.3. The van der Waals surface area contributed by atoms with Crippen molar-refractivity contribution in [2.75, 3.05) is 36.4 Å². The Hall–Kier alpha value is -2.04. The number of nitrogens with zero attached hydrogens (tertiary/aromatic N) is 2. The van der Waals surface area contributed by atoms with Crippen molar-refractivity contribution in [1.29, 1.82) is 0 Å². The number of nitrogens with one attached hydrogen (secondary N) is 1. The highest BCUT2D eigenvalue weighted by atomic mass is 16.2. The van der Waals surface area contributed by atoms with Crippen LogP contribution in [0, 0.1) is 17.3 Å². The summed E-state index contributed by atoms with van der Waals surface area (Å²) in [5.41, 5.74) is 2.29. The van der Waals surface area contributed by atoms with Crippen LogP contribution in [0.2, 0.25) is 0 Å². The first kappa shape index (κ1) is 24.6. The molecule has 0 unspecified atom stereocenters. The summed E-state index contributed by atoms with van der Waals surface area (Å²) in [6.07, 6.45) is 8.58. The first-order valence-corrected chi connectivity index (χ1v) is 12.6. The van der Waals surface area contributed by atoms with E-state index in [0.717, 1.165) is 56.3 Å². The number of anilines is 2. The number of hydrogen-bond acceptors (Lipinski definition) is 3. The van der Waals surface area contributed by atoms with Crippen LogP contribution in [0.3, 0.4) is 0 Å². The smallest absolute Gasteiger partial charge is 0.224 e. The maximum atomic E-state index is 12.7. The number of carbonyl (C=O) groups excluding carboxylic acids is 2. The molecule has 1 N–H and O–H groups in total. The van der Waals surface area contributed by atoms with E-state index in [1.165, 1.54) is 25.7 Å². The fourth-order valence-corrected chi connectivity index (χ4v) is 5.37. The zero-order valence-electron chi connectivity index (χ0n) is 20.7. The summed E-state index contributed by atoms with van der Waals surface area (Å²) in [6, 6.07) is 8.15. The van der Waals surface area contributed by atoms with Crippen molar-refractivity contribution in [3.63, 3.8) is 0 Å². The Morgan fingerprint density at radius 1 is 1.03 bits per heavy atom. The molecule has 5 nitrogen and oxygen atoms in total. The topological polar surface area (TPSA) is 52.7 Å². The van der Waals surface area contributed by atoms with E-state index in [0.29, 0.717) is 18.8 Å². The third kappa shape index (κ3) is 7.83. The fraction of sp³-hybridized carbons (Fsp3) is 0.704. The van der Waals surface area contributed by atoms with Gasteiger partial charge in [-0.25, -0.2) is 0 Å². The molecule has 1 saturated heterocycles. The minimum absolute atomic E-state index is 0.123. The van der Waals surface area contributed by atoms with Crippen LogP contribution in [0.1, 0.15) is 79.1 Å². The quantitative estimate of drug-likeness (QED) is 0.562. The number of hydrogen-bond donors (Lipinski definition) is 1. The molecule has 0 aromatic heterocycles. The van der Waals surface area contributed by atoms with Gasteiger partial charge < -0.3 is 15.1 Å². The van der Waals surface area contributed by atoms with Crippen molar-refractivity contribution in [1.82, 2.24) is 4.90 Å². The molecule has 178 valence electrons. The molecule has 5 heteroatoms. The van der Waals surface area contributed by atoms with Gasteiger partial charge in [0.1, 0.15) is 0 Å². The zero-order valence-corrected chi connectivity index (χ0v) is 20.7. The van der Waals surface area contributed by atoms with Gasteiger partial charge in [0.15, 0.2) is 0 Å². The van der Waals surface area contributed by atoms with Gasteiger partial charge in [-0.05, 0) is 54.4 Å². The molecule has 2 fully saturated rings. The van der Waals surface area contributed by atoms with E-state index in [2.05, 4.69) is 50.0 Å². The Balaban J connectivity index is 1.40. The number of benzene rings is 1. The highest BCUT2D eigenvalue weighted by Gasteiger charge is 2.24. The minimum Gasteiger partial charge on any atom is -0.368 e. The third-order valence-corrected chi connectivity index (χ3v) is 6.89. The van der Waals surface area contributed by atoms with Crippen molar-refractivity contribution in [2.45, 2.75) is 79.1 Å². The van der Waals surface area contributed by atoms with Crippen molar-refractivity contribution in [3.05, 3.63) is 24.3 Å². The molecule has 1 aliphatic carbocycles. The molecule has 1 atom stereocenters. The van der Waals surface area contributed by atoms with E-state index in [1.807, 2.05) is 17.0 Å². The Labute approximate surface area is 194 Å². The van der Waals surface area contributed by atoms with Crippen molar-refractivity contribution in [3.8, 4) is 0 Å². The number of carbonyl (C=O) groups is 2. The molecular formula is C27H43N3O2. The summed E-state index contributed by atoms with van der Waals surface area (Å²) in [7, 11) is 0. The van der Waals surface area contributed by atoms with E-state index < -0.39 is 0 Å². The van der Waals surface area contributed by atoms with Gasteiger partial charge in [-0.15, -0.1) is 0 Å². The molecule has 3 rings (SSSR count). The highest BCUT2D eigenvalue weighted by Crippen LogP contribution is 2.29. The Morgan fingerprint density at radius 2 is 1.66 bits per heavy atom. The lowest BCUT2D eigenvalue weighted by Gasteiger charge is -2.37. The van der Waals surface area contributed by atoms with Gasteiger partial charge in [-0.3, -0.25) is 9.59 Å². The van der Waals surface area contributed by atoms with Gasteiger partial charge in [0.2, 0.25) is 11.8 Å². The van der Waals surface area contributed by atoms with Crippen molar-refractivity contribution in [2.24, 2.45) is 17.3 Å². The number of piperazine rings is 1. The van der Waals surface area contributed by atoms with Crippen LogP contribution in [0.15, 0.2) is 24.3 Å². The van der Waals surface area contributed by atoms with E-state index in [-0.39, 0.29) is 17.2 Å². The van der Waals surface area contributed by atoms with Crippen LogP contribution >= 0.6 is 0 Å². The predicted octanol–water partition coefficient (Wildman–Crippen LogP) is 5.71. The second-order valence-electron chi connectivity index (χ2n) is 11.2. The molecule has 1 aromatic carbocycles. The summed E-state index contributed by atoms with van der Waals surface area (Å²) >= 11 is 0. The summed E-state index contributed by atoms with van der Waals surface area (Å²) < 4.78 is 0. The Bertz CT molecular complexity index is 739. The average Bonchev–Trinajstić information content (AvgIpc) is 3.25. The van der Waals surface area contributed by atoms with Gasteiger partial charge >= 0.3 is 0 Å². The second kappa shape index (κ2) is 11.2. The van der Waals surface area contributed by atoms with Gasteiger partial charge in [-0.1, -0.05) is 53.4 Å². The van der Waals surface area contributed by atoms with E-state index in [4.69, 9.17) is 0 Å². The second-order valence-corrected chi connectivity index (χ2v) is 11.2. The molecular weight excluding hydrogens is 398 g/mol. The standard InChI is InChI=1S/C27H43N3O2/c1-21(20-27(2,3)4)19-26(32)30-17-15-29(16-18-30)24-12-10-23(11-13-24)28-25(31)14-9-22-7-5-6-8-22/h10-13,21-22H,5-9,14-20H2,1-4H3,(H,28,31)/t21-/m1/s1. The maximum Gasteiger partial charge on any atom is 0.224 e. The lowest BCUT2D eigenvalue weighted by molar-refractivity contribution is -0.132. The molecule has 2 aliphatic rings. The van der Waals surface area contributed by atoms with Gasteiger partial charge in [0, 0.05) is 50.4 Å². The van der Waals surface area contributed by atoms with E-state index in [1.54, 1.807) is 0 Å². The van der Waals surface area contributed by atoms with E-state index >= 15 is 0 Å². The lowest BCUT2D eigenvalue weighted by atomic mass is 9.84. The summed E-state index contributed by atoms with van der Waals surface area (Å²) in [6.45, 7) is 12.2. The number of amides is 2. The first-order chi connectivity index (χ1) is 15.2. The summed E-state index contributed by atoms with van der Waals surface area (Å²) in [5.74, 6) is 1.58. The minimum atomic E-state index is 0.123. The largest absolute Gasteiger partial charge is 0.368 e. The predicted molar refractivity (Wildman–Crippen MR) is 133 cm³/mol. The molecule has 1 saturated carbocycles. The van der Waals surface area contributed by atoms with Crippen LogP contribution in [0.4, 0.5) is 11.4 Å². The molecule has 0 bridgehead atoms. The SMILES string of the molecule is C[C@H](CC(=O)N1CCN(c2ccc(NC(=O)CCC3CCCC3)cc2)CC1)CC(C)(C)C. The normalized spacial score (nSPS) is 18.6. The van der Waals surface area contributed by atoms with Gasteiger partial charge in [0.25, 0.3) is 0 Å². The molecule has 32 heavy (non-hydrogen) atoms. The van der Waals surface area contributed by atoms with Crippen LogP contribution in [-0.2, 0) is 9.59 Å². The first-order valence-electron chi connectivity index (χ1n) is 12.6. The van der Waals surface area contributed by atoms with Crippen molar-refractivity contribution < 1.29 is 9.59 Å². The molecule has 0 radical (unpaired) electrons. The fourth-order valence-electron chi connectivity index (χ4n) is 5.37.